The Morgan fingerprint density at radius 2 is 0.429 bits per heavy atom. The van der Waals surface area contributed by atoms with E-state index < -0.39 is 0 Å². The summed E-state index contributed by atoms with van der Waals surface area (Å²) in [5.74, 6) is 2.40. The number of rotatable bonds is 46. The largest absolute Gasteiger partial charge is 0.457 e. The molecule has 0 saturated heterocycles. The van der Waals surface area contributed by atoms with Gasteiger partial charge in [0.25, 0.3) is 0 Å². The van der Waals surface area contributed by atoms with Crippen molar-refractivity contribution in [2.75, 3.05) is 0 Å². The standard InChI is InChI=1S/C62H110O/c1-7-13-19-25-31-37-43-49-59-57(47-41-35-29-23-17-11-5)55(45-39-33-27-21-15-9-3)51-53-61(59)63-62-54-52-56(46-40-34-28-22-16-10-4)58(48-42-36-30-24-18-12-6)60(62)50-44-38-32-26-20-14-8-2/h51-54H,7-50H2,1-6H3. The molecule has 0 amide bonds. The van der Waals surface area contributed by atoms with E-state index in [1.807, 2.05) is 0 Å². The molecule has 0 aliphatic heterocycles. The molecule has 0 saturated carbocycles. The van der Waals surface area contributed by atoms with Crippen molar-refractivity contribution in [2.24, 2.45) is 0 Å². The van der Waals surface area contributed by atoms with Gasteiger partial charge in [0, 0.05) is 0 Å². The van der Waals surface area contributed by atoms with Crippen LogP contribution in [0.3, 0.4) is 0 Å². The van der Waals surface area contributed by atoms with Crippen LogP contribution in [0.25, 0.3) is 0 Å². The normalized spacial score (nSPS) is 11.6. The number of hydrogen-bond acceptors (Lipinski definition) is 1. The molecular formula is C62H110O. The summed E-state index contributed by atoms with van der Waals surface area (Å²) in [6, 6.07) is 9.95. The van der Waals surface area contributed by atoms with Gasteiger partial charge >= 0.3 is 0 Å². The first kappa shape index (κ1) is 57.4. The van der Waals surface area contributed by atoms with Crippen molar-refractivity contribution < 1.29 is 4.74 Å². The molecule has 364 valence electrons. The summed E-state index contributed by atoms with van der Waals surface area (Å²) in [5.41, 5.74) is 9.81. The molecule has 1 heteroatoms. The summed E-state index contributed by atoms with van der Waals surface area (Å²) < 4.78 is 7.51. The Morgan fingerprint density at radius 3 is 0.683 bits per heavy atom. The number of benzene rings is 2. The quantitative estimate of drug-likeness (QED) is 0.0602. The van der Waals surface area contributed by atoms with Crippen molar-refractivity contribution in [3.63, 3.8) is 0 Å². The van der Waals surface area contributed by atoms with Gasteiger partial charge < -0.3 is 4.74 Å². The number of unbranched alkanes of at least 4 members (excludes halogenated alkanes) is 32. The van der Waals surface area contributed by atoms with E-state index in [2.05, 4.69) is 65.8 Å². The lowest BCUT2D eigenvalue weighted by molar-refractivity contribution is 0.461. The van der Waals surface area contributed by atoms with Gasteiger partial charge in [-0.3, -0.25) is 0 Å². The van der Waals surface area contributed by atoms with Crippen LogP contribution in [0, 0.1) is 0 Å². The zero-order chi connectivity index (χ0) is 45.3. The Hall–Kier alpha value is -1.76. The summed E-state index contributed by atoms with van der Waals surface area (Å²) in [6.07, 6.45) is 59.1. The minimum atomic E-state index is 1.17. The second-order valence-corrected chi connectivity index (χ2v) is 20.3. The number of ether oxygens (including phenoxy) is 1. The molecule has 2 aromatic carbocycles. The SMILES string of the molecule is CCCCCCCCCc1c(Oc2ccc(CCCCCCCC)c(CCCCCCCC)c2CCCCCCCCC)ccc(CCCCCCCC)c1CCCCCCCC. The van der Waals surface area contributed by atoms with Crippen molar-refractivity contribution in [3.8, 4) is 11.5 Å². The van der Waals surface area contributed by atoms with E-state index in [0.717, 1.165) is 0 Å². The molecule has 0 bridgehead atoms. The first-order valence-electron chi connectivity index (χ1n) is 29.1. The minimum absolute atomic E-state index is 1.17. The molecule has 0 spiro atoms. The van der Waals surface area contributed by atoms with E-state index >= 15 is 0 Å². The zero-order valence-corrected chi connectivity index (χ0v) is 43.8. The molecule has 0 unspecified atom stereocenters. The van der Waals surface area contributed by atoms with Crippen LogP contribution in [0.1, 0.15) is 319 Å². The monoisotopic (exact) mass is 871 g/mol. The van der Waals surface area contributed by atoms with Crippen LogP contribution in [0.15, 0.2) is 24.3 Å². The Balaban J connectivity index is 2.59. The third-order valence-electron chi connectivity index (χ3n) is 14.4. The van der Waals surface area contributed by atoms with Gasteiger partial charge in [0.05, 0.1) is 0 Å². The molecule has 2 aromatic rings. The summed E-state index contributed by atoms with van der Waals surface area (Å²) in [4.78, 5) is 0. The fraction of sp³-hybridized carbons (Fsp3) is 0.806. The van der Waals surface area contributed by atoms with Gasteiger partial charge in [-0.25, -0.2) is 0 Å². The van der Waals surface area contributed by atoms with Crippen LogP contribution in [0.5, 0.6) is 11.5 Å². The van der Waals surface area contributed by atoms with E-state index in [-0.39, 0.29) is 0 Å². The summed E-state index contributed by atoms with van der Waals surface area (Å²) in [5, 5.41) is 0. The third kappa shape index (κ3) is 27.5. The van der Waals surface area contributed by atoms with Gasteiger partial charge in [-0.2, -0.15) is 0 Å². The molecule has 0 aromatic heterocycles. The first-order valence-corrected chi connectivity index (χ1v) is 29.1. The molecule has 2 rings (SSSR count). The van der Waals surface area contributed by atoms with Crippen molar-refractivity contribution in [1.29, 1.82) is 0 Å². The predicted molar refractivity (Wildman–Crippen MR) is 285 cm³/mol. The lowest BCUT2D eigenvalue weighted by Crippen LogP contribution is -2.07. The fourth-order valence-corrected chi connectivity index (χ4v) is 10.3. The molecule has 0 aliphatic carbocycles. The fourth-order valence-electron chi connectivity index (χ4n) is 10.3. The highest BCUT2D eigenvalue weighted by Gasteiger charge is 2.20. The van der Waals surface area contributed by atoms with Gasteiger partial charge in [0.1, 0.15) is 11.5 Å². The highest BCUT2D eigenvalue weighted by Crippen LogP contribution is 2.38. The summed E-state index contributed by atoms with van der Waals surface area (Å²) in [7, 11) is 0. The minimum Gasteiger partial charge on any atom is -0.457 e. The van der Waals surface area contributed by atoms with Gasteiger partial charge in [0.15, 0.2) is 0 Å². The smallest absolute Gasteiger partial charge is 0.130 e. The van der Waals surface area contributed by atoms with Crippen LogP contribution < -0.4 is 4.74 Å². The van der Waals surface area contributed by atoms with Gasteiger partial charge in [-0.15, -0.1) is 0 Å². The van der Waals surface area contributed by atoms with Crippen LogP contribution in [0.2, 0.25) is 0 Å². The summed E-state index contributed by atoms with van der Waals surface area (Å²) in [6.45, 7) is 14.0. The highest BCUT2D eigenvalue weighted by molar-refractivity contribution is 5.51. The Labute approximate surface area is 396 Å². The maximum atomic E-state index is 7.51. The third-order valence-corrected chi connectivity index (χ3v) is 14.4. The average molecular weight is 872 g/mol. The van der Waals surface area contributed by atoms with E-state index in [4.69, 9.17) is 4.74 Å². The molecular weight excluding hydrogens is 761 g/mol. The molecule has 0 radical (unpaired) electrons. The van der Waals surface area contributed by atoms with Crippen molar-refractivity contribution in [1.82, 2.24) is 0 Å². The Kier molecular flexibility index (Phi) is 37.9. The molecule has 0 atom stereocenters. The van der Waals surface area contributed by atoms with Crippen molar-refractivity contribution in [3.05, 3.63) is 57.6 Å². The van der Waals surface area contributed by atoms with Crippen molar-refractivity contribution >= 4 is 0 Å². The Bertz CT molecular complexity index is 1210. The van der Waals surface area contributed by atoms with Crippen LogP contribution in [0.4, 0.5) is 0 Å². The van der Waals surface area contributed by atoms with Gasteiger partial charge in [0.2, 0.25) is 0 Å². The number of aryl methyl sites for hydroxylation is 2. The molecule has 0 heterocycles. The van der Waals surface area contributed by atoms with Crippen LogP contribution in [-0.2, 0) is 38.5 Å². The lowest BCUT2D eigenvalue weighted by Gasteiger charge is -2.23. The van der Waals surface area contributed by atoms with E-state index in [1.54, 1.807) is 33.4 Å². The van der Waals surface area contributed by atoms with Crippen LogP contribution >= 0.6 is 0 Å². The Morgan fingerprint density at radius 1 is 0.222 bits per heavy atom. The second-order valence-electron chi connectivity index (χ2n) is 20.3. The van der Waals surface area contributed by atoms with E-state index in [9.17, 15) is 0 Å². The predicted octanol–water partition coefficient (Wildman–Crippen LogP) is 21.7. The first-order chi connectivity index (χ1) is 31.1. The number of hydrogen-bond donors (Lipinski definition) is 0. The molecule has 0 N–H and O–H groups in total. The topological polar surface area (TPSA) is 9.23 Å². The lowest BCUT2D eigenvalue weighted by atomic mass is 9.88. The maximum Gasteiger partial charge on any atom is 0.130 e. The zero-order valence-electron chi connectivity index (χ0n) is 43.8. The van der Waals surface area contributed by atoms with Crippen molar-refractivity contribution in [2.45, 2.75) is 324 Å². The summed E-state index contributed by atoms with van der Waals surface area (Å²) >= 11 is 0. The average Bonchev–Trinajstić information content (AvgIpc) is 3.29. The van der Waals surface area contributed by atoms with E-state index in [0.29, 0.717) is 0 Å². The molecule has 1 nitrogen and oxygen atoms in total. The second kappa shape index (κ2) is 41.7. The molecule has 63 heavy (non-hydrogen) atoms. The van der Waals surface area contributed by atoms with Gasteiger partial charge in [-0.1, -0.05) is 259 Å². The molecule has 0 aliphatic rings. The molecule has 0 fully saturated rings. The van der Waals surface area contributed by atoms with E-state index in [1.165, 1.54) is 294 Å². The highest BCUT2D eigenvalue weighted by atomic mass is 16.5. The van der Waals surface area contributed by atoms with Crippen LogP contribution in [-0.4, -0.2) is 0 Å². The van der Waals surface area contributed by atoms with Gasteiger partial charge in [-0.05, 0) is 123 Å². The maximum absolute atomic E-state index is 7.51.